The molecule has 0 fully saturated rings. The van der Waals surface area contributed by atoms with E-state index >= 15 is 0 Å². The van der Waals surface area contributed by atoms with Gasteiger partial charge in [0.2, 0.25) is 0 Å². The van der Waals surface area contributed by atoms with E-state index in [0.29, 0.717) is 0 Å². The second kappa shape index (κ2) is 13.2. The lowest BCUT2D eigenvalue weighted by atomic mass is 10.0. The fourth-order valence-electron chi connectivity index (χ4n) is 9.19. The fraction of sp³-hybridized carbons (Fsp3) is 0. The molecule has 0 N–H and O–H groups in total. The van der Waals surface area contributed by atoms with E-state index in [-0.39, 0.29) is 0 Å². The van der Waals surface area contributed by atoms with Crippen LogP contribution in [0, 0.1) is 0 Å². The predicted molar refractivity (Wildman–Crippen MR) is 246 cm³/mol. The molecule has 3 aliphatic heterocycles. The van der Waals surface area contributed by atoms with Gasteiger partial charge in [-0.2, -0.15) is 0 Å². The molecular weight excluding hydrogens is 722 g/mol. The Morgan fingerprint density at radius 2 is 0.431 bits per heavy atom. The Morgan fingerprint density at radius 1 is 0.207 bits per heavy atom. The van der Waals surface area contributed by atoms with Crippen LogP contribution >= 0.6 is 7.92 Å². The quantitative estimate of drug-likeness (QED) is 0.156. The summed E-state index contributed by atoms with van der Waals surface area (Å²) in [6.45, 7) is 0. The fourth-order valence-corrected chi connectivity index (χ4v) is 12.3. The summed E-state index contributed by atoms with van der Waals surface area (Å²) in [4.78, 5) is 7.53. The zero-order chi connectivity index (χ0) is 38.2. The highest BCUT2D eigenvalue weighted by Gasteiger charge is 2.46. The van der Waals surface area contributed by atoms with Crippen LogP contribution in [0.15, 0.2) is 218 Å². The van der Waals surface area contributed by atoms with Crippen LogP contribution in [0.3, 0.4) is 0 Å². The van der Waals surface area contributed by atoms with Gasteiger partial charge in [-0.05, 0) is 106 Å². The first-order valence-electron chi connectivity index (χ1n) is 19.9. The maximum Gasteiger partial charge on any atom is 0.0566 e. The third kappa shape index (κ3) is 5.04. The maximum absolute atomic E-state index is 2.51. The van der Waals surface area contributed by atoms with Gasteiger partial charge in [0.1, 0.15) is 0 Å². The van der Waals surface area contributed by atoms with Gasteiger partial charge in [0.25, 0.3) is 0 Å². The van der Waals surface area contributed by atoms with Crippen LogP contribution in [-0.4, -0.2) is 0 Å². The number of nitrogens with zero attached hydrogens (tertiary/aromatic N) is 3. The van der Waals surface area contributed by atoms with E-state index in [1.54, 1.807) is 0 Å². The Balaban J connectivity index is 1.09. The van der Waals surface area contributed by atoms with Gasteiger partial charge >= 0.3 is 0 Å². The molecule has 0 aromatic heterocycles. The molecule has 0 spiro atoms. The average Bonchev–Trinajstić information content (AvgIpc) is 3.30. The minimum atomic E-state index is -0.907. The highest BCUT2D eigenvalue weighted by molar-refractivity contribution is 7.82. The van der Waals surface area contributed by atoms with Gasteiger partial charge < -0.3 is 14.7 Å². The topological polar surface area (TPSA) is 9.72 Å². The van der Waals surface area contributed by atoms with E-state index in [1.807, 2.05) is 0 Å². The molecule has 0 saturated heterocycles. The monoisotopic (exact) mass is 757 g/mol. The highest BCUT2D eigenvalue weighted by atomic mass is 31.1. The summed E-state index contributed by atoms with van der Waals surface area (Å²) in [6.07, 6.45) is 0. The van der Waals surface area contributed by atoms with E-state index in [9.17, 15) is 0 Å². The van der Waals surface area contributed by atoms with Gasteiger partial charge in [-0.25, -0.2) is 0 Å². The second-order valence-corrected chi connectivity index (χ2v) is 17.0. The average molecular weight is 758 g/mol. The molecule has 9 aromatic carbocycles. The molecule has 3 heterocycles. The molecule has 12 rings (SSSR count). The Morgan fingerprint density at radius 3 is 0.672 bits per heavy atom. The van der Waals surface area contributed by atoms with Crippen molar-refractivity contribution in [3.8, 4) is 33.4 Å². The van der Waals surface area contributed by atoms with Crippen LogP contribution < -0.4 is 30.6 Å². The summed E-state index contributed by atoms with van der Waals surface area (Å²) >= 11 is 0. The van der Waals surface area contributed by atoms with E-state index in [4.69, 9.17) is 0 Å². The summed E-state index contributed by atoms with van der Waals surface area (Å²) < 4.78 is 0. The van der Waals surface area contributed by atoms with Crippen molar-refractivity contribution in [2.45, 2.75) is 0 Å². The SMILES string of the molecule is c1ccc(-c2ccc(N3c4cccc5c4P4c6c3cccc6N(c3ccc(-c6ccccc6)cc3)c3cccc(c34)N5c3ccc(-c4ccccc4)cc3)cc2)cc1. The largest absolute Gasteiger partial charge is 0.309 e. The molecule has 3 nitrogen and oxygen atoms in total. The first-order chi connectivity index (χ1) is 28.8. The first kappa shape index (κ1) is 33.0. The predicted octanol–water partition coefficient (Wildman–Crippen LogP) is 13.8. The molecule has 0 bridgehead atoms. The van der Waals surface area contributed by atoms with Crippen LogP contribution in [0.5, 0.6) is 0 Å². The van der Waals surface area contributed by atoms with Crippen LogP contribution in [-0.2, 0) is 0 Å². The molecule has 0 atom stereocenters. The maximum atomic E-state index is 2.51. The molecule has 272 valence electrons. The molecule has 4 heteroatoms. The van der Waals surface area contributed by atoms with Crippen molar-refractivity contribution in [3.05, 3.63) is 218 Å². The molecule has 0 aliphatic carbocycles. The van der Waals surface area contributed by atoms with Crippen molar-refractivity contribution in [2.75, 3.05) is 14.7 Å². The summed E-state index contributed by atoms with van der Waals surface area (Å²) in [5.41, 5.74) is 18.2. The first-order valence-corrected chi connectivity index (χ1v) is 21.2. The Kier molecular flexibility index (Phi) is 7.51. The van der Waals surface area contributed by atoms with E-state index in [1.165, 1.54) is 83.4 Å². The van der Waals surface area contributed by atoms with Crippen molar-refractivity contribution < 1.29 is 0 Å². The number of hydrogen-bond acceptors (Lipinski definition) is 3. The molecule has 0 amide bonds. The van der Waals surface area contributed by atoms with Crippen molar-refractivity contribution in [1.29, 1.82) is 0 Å². The van der Waals surface area contributed by atoms with E-state index < -0.39 is 7.92 Å². The summed E-state index contributed by atoms with van der Waals surface area (Å²) in [6, 6.07) is 80.0. The van der Waals surface area contributed by atoms with Gasteiger partial charge in [-0.3, -0.25) is 0 Å². The summed E-state index contributed by atoms with van der Waals surface area (Å²) in [5, 5.41) is 4.20. The molecule has 0 unspecified atom stereocenters. The van der Waals surface area contributed by atoms with Crippen molar-refractivity contribution in [3.63, 3.8) is 0 Å². The second-order valence-electron chi connectivity index (χ2n) is 15.0. The van der Waals surface area contributed by atoms with Crippen LogP contribution in [0.1, 0.15) is 0 Å². The van der Waals surface area contributed by atoms with Gasteiger partial charge in [0, 0.05) is 40.9 Å². The van der Waals surface area contributed by atoms with Gasteiger partial charge in [-0.1, -0.05) is 146 Å². The van der Waals surface area contributed by atoms with Crippen LogP contribution in [0.4, 0.5) is 51.2 Å². The molecule has 9 aromatic rings. The lowest BCUT2D eigenvalue weighted by Gasteiger charge is -2.50. The smallest absolute Gasteiger partial charge is 0.0566 e. The number of benzene rings is 9. The zero-order valence-electron chi connectivity index (χ0n) is 31.6. The van der Waals surface area contributed by atoms with E-state index in [0.717, 1.165) is 17.1 Å². The highest BCUT2D eigenvalue weighted by Crippen LogP contribution is 2.62. The minimum Gasteiger partial charge on any atom is -0.309 e. The molecule has 0 saturated carbocycles. The van der Waals surface area contributed by atoms with Gasteiger partial charge in [0.15, 0.2) is 0 Å². The third-order valence-electron chi connectivity index (χ3n) is 11.8. The molecule has 58 heavy (non-hydrogen) atoms. The minimum absolute atomic E-state index is 0.907. The summed E-state index contributed by atoms with van der Waals surface area (Å²) in [5.74, 6) is 0. The lowest BCUT2D eigenvalue weighted by molar-refractivity contribution is 1.23. The lowest BCUT2D eigenvalue weighted by Crippen LogP contribution is -2.45. The zero-order valence-corrected chi connectivity index (χ0v) is 32.5. The van der Waals surface area contributed by atoms with Gasteiger partial charge in [-0.15, -0.1) is 0 Å². The van der Waals surface area contributed by atoms with Crippen molar-refractivity contribution >= 4 is 75.0 Å². The molecule has 3 aliphatic rings. The standard InChI is InChI=1S/C54H36N3P/c1-4-13-37(14-5-1)40-25-31-43(32-26-40)55-46-19-10-21-48-52(46)58-53-47(55)20-11-22-49(53)57(45-35-29-42(30-36-45)39-17-8-3-9-18-39)51-24-12-23-50(54(51)58)56(48)44-33-27-41(28-34-44)38-15-6-2-7-16-38/h1-36H. The molecule has 0 radical (unpaired) electrons. The van der Waals surface area contributed by atoms with Crippen LogP contribution in [0.25, 0.3) is 33.4 Å². The Hall–Kier alpha value is -7.19. The van der Waals surface area contributed by atoms with Crippen LogP contribution in [0.2, 0.25) is 0 Å². The van der Waals surface area contributed by atoms with E-state index in [2.05, 4.69) is 233 Å². The van der Waals surface area contributed by atoms with Crippen molar-refractivity contribution in [2.24, 2.45) is 0 Å². The number of rotatable bonds is 6. The Bertz CT molecular complexity index is 2590. The number of hydrogen-bond donors (Lipinski definition) is 0. The normalized spacial score (nSPS) is 13.3. The third-order valence-corrected chi connectivity index (χ3v) is 14.5. The van der Waals surface area contributed by atoms with Crippen molar-refractivity contribution in [1.82, 2.24) is 0 Å². The van der Waals surface area contributed by atoms with Gasteiger partial charge in [0.05, 0.1) is 34.1 Å². The molecular formula is C54H36N3P. The summed E-state index contributed by atoms with van der Waals surface area (Å²) in [7, 11) is -0.907. The Labute approximate surface area is 340 Å². The number of anilines is 9.